The molecule has 2 rings (SSSR count). The fourth-order valence-electron chi connectivity index (χ4n) is 1.59. The minimum Gasteiger partial charge on any atom is -0.376 e. The third-order valence-electron chi connectivity index (χ3n) is 2.67. The Morgan fingerprint density at radius 1 is 1.26 bits per heavy atom. The summed E-state index contributed by atoms with van der Waals surface area (Å²) in [6, 6.07) is 14.4. The molecule has 5 nitrogen and oxygen atoms in total. The molecular formula is C15H17ClN2O3S2. The highest BCUT2D eigenvalue weighted by Crippen LogP contribution is 2.21. The third kappa shape index (κ3) is 7.43. The minimum absolute atomic E-state index is 0.0306. The van der Waals surface area contributed by atoms with Gasteiger partial charge in [-0.3, -0.25) is 4.55 Å². The molecule has 0 aliphatic rings. The molecule has 2 aromatic rings. The lowest BCUT2D eigenvalue weighted by Gasteiger charge is -2.02. The number of benzene rings is 2. The van der Waals surface area contributed by atoms with Crippen LogP contribution in [0, 0.1) is 6.92 Å². The summed E-state index contributed by atoms with van der Waals surface area (Å²) in [6.07, 6.45) is 0. The Labute approximate surface area is 146 Å². The third-order valence-corrected chi connectivity index (χ3v) is 4.15. The molecule has 23 heavy (non-hydrogen) atoms. The van der Waals surface area contributed by atoms with E-state index < -0.39 is 10.1 Å². The lowest BCUT2D eigenvalue weighted by molar-refractivity contribution is 0.483. The standard InChI is InChI=1S/C8H10N2S.C7H7ClO3S/c9-8(11)10-6-7-4-2-1-3-5-7;1-5-2-3-6(8)7(4-5)12(9,10)11/h1-5H,6H2,(H3,9,10,11);2-4H,1H3,(H,9,10,11). The van der Waals surface area contributed by atoms with Crippen molar-refractivity contribution in [2.45, 2.75) is 18.4 Å². The smallest absolute Gasteiger partial charge is 0.296 e. The molecule has 0 heterocycles. The normalized spacial score (nSPS) is 10.4. The Kier molecular flexibility index (Phi) is 7.44. The quantitative estimate of drug-likeness (QED) is 0.566. The summed E-state index contributed by atoms with van der Waals surface area (Å²) in [5, 5.41) is 3.24. The number of hydrogen-bond donors (Lipinski definition) is 3. The van der Waals surface area contributed by atoms with Gasteiger partial charge in [0, 0.05) is 6.54 Å². The van der Waals surface area contributed by atoms with Crippen LogP contribution in [-0.2, 0) is 16.7 Å². The van der Waals surface area contributed by atoms with E-state index in [4.69, 9.17) is 21.9 Å². The molecular weight excluding hydrogens is 356 g/mol. The van der Waals surface area contributed by atoms with Gasteiger partial charge in [-0.25, -0.2) is 0 Å². The van der Waals surface area contributed by atoms with Crippen molar-refractivity contribution in [3.63, 3.8) is 0 Å². The predicted molar refractivity (Wildman–Crippen MR) is 96.1 cm³/mol. The van der Waals surface area contributed by atoms with Crippen molar-refractivity contribution in [1.82, 2.24) is 5.32 Å². The molecule has 0 bridgehead atoms. The van der Waals surface area contributed by atoms with Crippen LogP contribution in [-0.4, -0.2) is 18.1 Å². The van der Waals surface area contributed by atoms with Gasteiger partial charge in [0.25, 0.3) is 10.1 Å². The zero-order chi connectivity index (χ0) is 17.5. The highest BCUT2D eigenvalue weighted by Gasteiger charge is 2.13. The number of aryl methyl sites for hydroxylation is 1. The van der Waals surface area contributed by atoms with Crippen LogP contribution in [0.4, 0.5) is 0 Å². The summed E-state index contributed by atoms with van der Waals surface area (Å²) >= 11 is 10.2. The number of halogens is 1. The maximum absolute atomic E-state index is 10.7. The highest BCUT2D eigenvalue weighted by atomic mass is 35.5. The topological polar surface area (TPSA) is 92.4 Å². The number of nitrogens with two attached hydrogens (primary N) is 1. The summed E-state index contributed by atoms with van der Waals surface area (Å²) < 4.78 is 30.0. The van der Waals surface area contributed by atoms with Gasteiger partial charge in [0.1, 0.15) is 4.90 Å². The average Bonchev–Trinajstić information content (AvgIpc) is 2.48. The number of nitrogens with one attached hydrogen (secondary N) is 1. The van der Waals surface area contributed by atoms with E-state index >= 15 is 0 Å². The average molecular weight is 373 g/mol. The predicted octanol–water partition coefficient (Wildman–Crippen LogP) is 2.91. The molecule has 2 aromatic carbocycles. The van der Waals surface area contributed by atoms with Gasteiger partial charge in [0.05, 0.1) is 5.02 Å². The molecule has 0 saturated carbocycles. The van der Waals surface area contributed by atoms with E-state index in [0.29, 0.717) is 11.7 Å². The lowest BCUT2D eigenvalue weighted by Crippen LogP contribution is -2.28. The van der Waals surface area contributed by atoms with Crippen molar-refractivity contribution in [2.75, 3.05) is 0 Å². The summed E-state index contributed by atoms with van der Waals surface area (Å²) in [5.41, 5.74) is 7.17. The Morgan fingerprint density at radius 3 is 2.35 bits per heavy atom. The molecule has 0 aliphatic carbocycles. The zero-order valence-electron chi connectivity index (χ0n) is 12.4. The van der Waals surface area contributed by atoms with Gasteiger partial charge in [0.15, 0.2) is 5.11 Å². The van der Waals surface area contributed by atoms with Crippen LogP contribution in [0.3, 0.4) is 0 Å². The van der Waals surface area contributed by atoms with Gasteiger partial charge in [-0.15, -0.1) is 0 Å². The van der Waals surface area contributed by atoms with Crippen LogP contribution in [0.25, 0.3) is 0 Å². The molecule has 0 unspecified atom stereocenters. The fraction of sp³-hybridized carbons (Fsp3) is 0.133. The number of rotatable bonds is 3. The van der Waals surface area contributed by atoms with Crippen molar-refractivity contribution in [3.8, 4) is 0 Å². The van der Waals surface area contributed by atoms with Gasteiger partial charge in [-0.2, -0.15) is 8.42 Å². The first-order valence-electron chi connectivity index (χ1n) is 6.51. The van der Waals surface area contributed by atoms with Crippen molar-refractivity contribution in [3.05, 3.63) is 64.7 Å². The summed E-state index contributed by atoms with van der Waals surface area (Å²) in [5.74, 6) is 0. The Bertz CT molecular complexity index is 766. The van der Waals surface area contributed by atoms with Crippen LogP contribution in [0.2, 0.25) is 5.02 Å². The molecule has 0 spiro atoms. The van der Waals surface area contributed by atoms with Gasteiger partial charge in [-0.1, -0.05) is 48.0 Å². The van der Waals surface area contributed by atoms with Crippen LogP contribution in [0.15, 0.2) is 53.4 Å². The van der Waals surface area contributed by atoms with E-state index in [0.717, 1.165) is 5.56 Å². The summed E-state index contributed by atoms with van der Waals surface area (Å²) in [6.45, 7) is 2.42. The molecule has 0 atom stereocenters. The van der Waals surface area contributed by atoms with Crippen molar-refractivity contribution in [1.29, 1.82) is 0 Å². The van der Waals surface area contributed by atoms with E-state index in [1.54, 1.807) is 13.0 Å². The fourth-order valence-corrected chi connectivity index (χ4v) is 2.72. The molecule has 0 saturated heterocycles. The second-order valence-electron chi connectivity index (χ2n) is 4.61. The van der Waals surface area contributed by atoms with Crippen molar-refractivity contribution < 1.29 is 13.0 Å². The molecule has 4 N–H and O–H groups in total. The molecule has 0 aliphatic heterocycles. The van der Waals surface area contributed by atoms with Crippen LogP contribution in [0.1, 0.15) is 11.1 Å². The monoisotopic (exact) mass is 372 g/mol. The summed E-state index contributed by atoms with van der Waals surface area (Å²) in [4.78, 5) is -0.246. The molecule has 8 heteroatoms. The Morgan fingerprint density at radius 2 is 1.87 bits per heavy atom. The molecule has 0 fully saturated rings. The second-order valence-corrected chi connectivity index (χ2v) is 6.85. The first-order chi connectivity index (χ1) is 10.7. The van der Waals surface area contributed by atoms with Crippen molar-refractivity contribution in [2.24, 2.45) is 5.73 Å². The van der Waals surface area contributed by atoms with Gasteiger partial charge < -0.3 is 11.1 Å². The Hall–Kier alpha value is -1.67. The first-order valence-corrected chi connectivity index (χ1v) is 8.73. The Balaban J connectivity index is 0.000000231. The molecule has 0 amide bonds. The second kappa shape index (κ2) is 8.83. The lowest BCUT2D eigenvalue weighted by atomic mass is 10.2. The van der Waals surface area contributed by atoms with Gasteiger partial charge in [-0.05, 0) is 42.4 Å². The maximum atomic E-state index is 10.7. The van der Waals surface area contributed by atoms with Crippen LogP contribution >= 0.6 is 23.8 Å². The van der Waals surface area contributed by atoms with Crippen molar-refractivity contribution >= 4 is 39.0 Å². The minimum atomic E-state index is -4.19. The largest absolute Gasteiger partial charge is 0.376 e. The SMILES string of the molecule is Cc1ccc(Cl)c(S(=O)(=O)O)c1.NC(=S)NCc1ccccc1. The first kappa shape index (κ1) is 19.4. The summed E-state index contributed by atoms with van der Waals surface area (Å²) in [7, 11) is -4.19. The van der Waals surface area contributed by atoms with E-state index in [1.807, 2.05) is 30.3 Å². The van der Waals surface area contributed by atoms with E-state index in [9.17, 15) is 8.42 Å². The molecule has 0 radical (unpaired) electrons. The molecule has 124 valence electrons. The zero-order valence-corrected chi connectivity index (χ0v) is 14.8. The highest BCUT2D eigenvalue weighted by molar-refractivity contribution is 7.86. The van der Waals surface area contributed by atoms with Gasteiger partial charge in [0.2, 0.25) is 0 Å². The molecule has 0 aromatic heterocycles. The van der Waals surface area contributed by atoms with Crippen LogP contribution < -0.4 is 11.1 Å². The maximum Gasteiger partial charge on any atom is 0.296 e. The van der Waals surface area contributed by atoms with Gasteiger partial charge >= 0.3 is 0 Å². The van der Waals surface area contributed by atoms with Crippen LogP contribution in [0.5, 0.6) is 0 Å². The van der Waals surface area contributed by atoms with E-state index in [2.05, 4.69) is 17.5 Å². The van der Waals surface area contributed by atoms with E-state index in [-0.39, 0.29) is 9.92 Å². The number of hydrogen-bond acceptors (Lipinski definition) is 3. The van der Waals surface area contributed by atoms with E-state index in [1.165, 1.54) is 17.7 Å². The number of thiocarbonyl (C=S) groups is 1.